The van der Waals surface area contributed by atoms with Crippen LogP contribution < -0.4 is 5.32 Å². The molecule has 272 valence electrons. The summed E-state index contributed by atoms with van der Waals surface area (Å²) in [5.74, 6) is 1.90. The van der Waals surface area contributed by atoms with Crippen molar-refractivity contribution >= 4 is 17.6 Å². The number of carbonyl (C=O) groups is 2. The van der Waals surface area contributed by atoms with E-state index in [2.05, 4.69) is 52.6 Å². The molecule has 0 radical (unpaired) electrons. The van der Waals surface area contributed by atoms with Gasteiger partial charge in [-0.15, -0.1) is 0 Å². The predicted molar refractivity (Wildman–Crippen MR) is 196 cm³/mol. The summed E-state index contributed by atoms with van der Waals surface area (Å²) in [5.41, 5.74) is 2.78. The smallest absolute Gasteiger partial charge is 0.408 e. The molecule has 5 aliphatic carbocycles. The maximum Gasteiger partial charge on any atom is 0.408 e. The van der Waals surface area contributed by atoms with Crippen LogP contribution in [0.4, 0.5) is 9.18 Å². The van der Waals surface area contributed by atoms with Gasteiger partial charge in [-0.05, 0) is 161 Å². The lowest BCUT2D eigenvalue weighted by Gasteiger charge is -2.68. The van der Waals surface area contributed by atoms with Gasteiger partial charge in [0.15, 0.2) is 0 Å². The van der Waals surface area contributed by atoms with Gasteiger partial charge in [-0.3, -0.25) is 0 Å². The van der Waals surface area contributed by atoms with Gasteiger partial charge in [0.1, 0.15) is 11.4 Å². The second kappa shape index (κ2) is 13.2. The molecular formula is C43H64FNO4. The first kappa shape index (κ1) is 37.6. The van der Waals surface area contributed by atoms with Crippen molar-refractivity contribution < 1.29 is 23.5 Å². The SMILES string of the molecule is C=C(C)[C@@H]1CC[C@]2(NC(=O)OC(C)(C)C)CCC3[C@H](CCC4[C@@]3(C)CCC3C(C)(C)C(c5ccc(C(=O)OC)c(F)c5)=CC[C@@]34C)C12.CC. The molecule has 6 heteroatoms. The van der Waals surface area contributed by atoms with E-state index in [1.165, 1.54) is 43.6 Å². The number of allylic oxidation sites excluding steroid dienone is 3. The number of rotatable bonds is 4. The number of methoxy groups -OCH3 is 1. The number of hydrogen-bond donors (Lipinski definition) is 1. The summed E-state index contributed by atoms with van der Waals surface area (Å²) in [7, 11) is 1.28. The number of hydrogen-bond acceptors (Lipinski definition) is 4. The molecule has 9 atom stereocenters. The van der Waals surface area contributed by atoms with Crippen molar-refractivity contribution in [3.8, 4) is 0 Å². The van der Waals surface area contributed by atoms with Gasteiger partial charge in [0.25, 0.3) is 0 Å². The first-order valence-electron chi connectivity index (χ1n) is 19.1. The third-order valence-electron chi connectivity index (χ3n) is 14.2. The molecule has 5 nitrogen and oxygen atoms in total. The minimum atomic E-state index is -0.645. The Labute approximate surface area is 296 Å². The average molecular weight is 678 g/mol. The normalized spacial score (nSPS) is 37.4. The Morgan fingerprint density at radius 1 is 0.939 bits per heavy atom. The number of ether oxygens (including phenoxy) is 2. The first-order chi connectivity index (χ1) is 22.9. The standard InChI is InChI=1S/C41H58FNO4.C2H6/c1-24(2)26-15-21-41(43-36(45)47-37(3,4)5)22-17-30-27(34(26)41)13-14-33-39(30,8)20-18-32-38(6,7)29(16-19-40(32,33)9)25-11-12-28(31(42)23-25)35(44)46-10;1-2/h11-12,16,23,26-27,30,32-34H,1,13-15,17-22H2,2-10H3,(H,43,45);1-2H3/t26-,27-,30?,32?,33?,34?,39-,40-,41-;/m0./s1. The molecule has 0 aliphatic heterocycles. The fourth-order valence-electron chi connectivity index (χ4n) is 12.6. The average Bonchev–Trinajstić information content (AvgIpc) is 3.40. The van der Waals surface area contributed by atoms with Crippen LogP contribution in [0, 0.1) is 57.6 Å². The summed E-state index contributed by atoms with van der Waals surface area (Å²) >= 11 is 0. The molecule has 4 saturated carbocycles. The molecule has 0 saturated heterocycles. The predicted octanol–water partition coefficient (Wildman–Crippen LogP) is 11.2. The molecule has 5 aliphatic rings. The molecule has 6 rings (SSSR count). The molecule has 1 aromatic rings. The van der Waals surface area contributed by atoms with E-state index in [0.29, 0.717) is 35.5 Å². The van der Waals surface area contributed by atoms with Crippen LogP contribution in [0.15, 0.2) is 36.4 Å². The molecule has 0 spiro atoms. The highest BCUT2D eigenvalue weighted by Crippen LogP contribution is 2.73. The fraction of sp³-hybridized carbons (Fsp3) is 0.721. The van der Waals surface area contributed by atoms with E-state index in [0.717, 1.165) is 44.1 Å². The number of halogens is 1. The van der Waals surface area contributed by atoms with Crippen LogP contribution in [0.25, 0.3) is 5.57 Å². The van der Waals surface area contributed by atoms with Crippen molar-refractivity contribution in [1.29, 1.82) is 0 Å². The molecule has 0 bridgehead atoms. The van der Waals surface area contributed by atoms with Crippen LogP contribution in [0.1, 0.15) is 143 Å². The third kappa shape index (κ3) is 6.19. The lowest BCUT2D eigenvalue weighted by atomic mass is 9.36. The third-order valence-corrected chi connectivity index (χ3v) is 14.2. The zero-order chi connectivity index (χ0) is 36.3. The lowest BCUT2D eigenvalue weighted by molar-refractivity contribution is -0.174. The van der Waals surface area contributed by atoms with Crippen LogP contribution in [-0.2, 0) is 9.47 Å². The Hall–Kier alpha value is -2.63. The van der Waals surface area contributed by atoms with E-state index in [4.69, 9.17) is 9.47 Å². The van der Waals surface area contributed by atoms with Gasteiger partial charge >= 0.3 is 12.1 Å². The van der Waals surface area contributed by atoms with Crippen molar-refractivity contribution in [2.75, 3.05) is 7.11 Å². The van der Waals surface area contributed by atoms with E-state index >= 15 is 4.39 Å². The number of amides is 1. The zero-order valence-corrected chi connectivity index (χ0v) is 32.4. The lowest BCUT2D eigenvalue weighted by Crippen LogP contribution is -2.64. The van der Waals surface area contributed by atoms with Crippen molar-refractivity contribution in [2.24, 2.45) is 51.8 Å². The molecule has 0 heterocycles. The summed E-state index contributed by atoms with van der Waals surface area (Å²) in [4.78, 5) is 25.3. The van der Waals surface area contributed by atoms with E-state index in [1.807, 2.05) is 40.7 Å². The fourth-order valence-corrected chi connectivity index (χ4v) is 12.6. The van der Waals surface area contributed by atoms with E-state index < -0.39 is 17.4 Å². The topological polar surface area (TPSA) is 64.6 Å². The van der Waals surface area contributed by atoms with E-state index in [1.54, 1.807) is 6.07 Å². The molecule has 4 fully saturated rings. The van der Waals surface area contributed by atoms with E-state index in [-0.39, 0.29) is 33.4 Å². The Bertz CT molecular complexity index is 1490. The van der Waals surface area contributed by atoms with E-state index in [9.17, 15) is 9.59 Å². The van der Waals surface area contributed by atoms with Crippen molar-refractivity contribution in [1.82, 2.24) is 5.32 Å². The summed E-state index contributed by atoms with van der Waals surface area (Å²) in [5, 5.41) is 3.49. The quantitative estimate of drug-likeness (QED) is 0.254. The minimum Gasteiger partial charge on any atom is -0.465 e. The summed E-state index contributed by atoms with van der Waals surface area (Å²) < 4.78 is 25.7. The Balaban J connectivity index is 0.00000230. The Kier molecular flexibility index (Phi) is 10.1. The van der Waals surface area contributed by atoms with Gasteiger partial charge in [-0.2, -0.15) is 0 Å². The molecule has 1 amide bonds. The molecule has 1 aromatic carbocycles. The number of nitrogens with one attached hydrogen (secondary N) is 1. The minimum absolute atomic E-state index is 0.0190. The number of esters is 1. The number of carbonyl (C=O) groups excluding carboxylic acids is 2. The summed E-state index contributed by atoms with van der Waals surface area (Å²) in [6.45, 7) is 26.4. The highest BCUT2D eigenvalue weighted by Gasteiger charge is 2.67. The highest BCUT2D eigenvalue weighted by molar-refractivity contribution is 5.90. The maximum absolute atomic E-state index is 15.1. The van der Waals surface area contributed by atoms with Crippen molar-refractivity contribution in [3.63, 3.8) is 0 Å². The van der Waals surface area contributed by atoms with Gasteiger partial charge in [-0.25, -0.2) is 14.0 Å². The van der Waals surface area contributed by atoms with Crippen molar-refractivity contribution in [2.45, 2.75) is 138 Å². The van der Waals surface area contributed by atoms with Gasteiger partial charge in [0.05, 0.1) is 12.7 Å². The maximum atomic E-state index is 15.1. The number of alkyl carbamates (subject to hydrolysis) is 1. The summed E-state index contributed by atoms with van der Waals surface area (Å²) in [6.07, 6.45) is 12.1. The largest absolute Gasteiger partial charge is 0.465 e. The highest BCUT2D eigenvalue weighted by atomic mass is 19.1. The van der Waals surface area contributed by atoms with Crippen LogP contribution in [0.3, 0.4) is 0 Å². The Morgan fingerprint density at radius 2 is 1.61 bits per heavy atom. The second-order valence-electron chi connectivity index (χ2n) is 18.1. The molecular weight excluding hydrogens is 613 g/mol. The number of fused-ring (bicyclic) bond motifs is 7. The Morgan fingerprint density at radius 3 is 2.22 bits per heavy atom. The van der Waals surface area contributed by atoms with Gasteiger partial charge < -0.3 is 14.8 Å². The van der Waals surface area contributed by atoms with Crippen LogP contribution >= 0.6 is 0 Å². The van der Waals surface area contributed by atoms with Crippen molar-refractivity contribution in [3.05, 3.63) is 53.4 Å². The van der Waals surface area contributed by atoms with Crippen LogP contribution in [0.5, 0.6) is 0 Å². The van der Waals surface area contributed by atoms with Gasteiger partial charge in [0.2, 0.25) is 0 Å². The molecule has 1 N–H and O–H groups in total. The van der Waals surface area contributed by atoms with Crippen LogP contribution in [-0.4, -0.2) is 30.3 Å². The molecule has 4 unspecified atom stereocenters. The second-order valence-corrected chi connectivity index (χ2v) is 18.1. The molecule has 0 aromatic heterocycles. The van der Waals surface area contributed by atoms with Gasteiger partial charge in [0, 0.05) is 5.54 Å². The first-order valence-corrected chi connectivity index (χ1v) is 19.1. The van der Waals surface area contributed by atoms with Gasteiger partial charge in [-0.1, -0.05) is 65.8 Å². The zero-order valence-electron chi connectivity index (χ0n) is 32.4. The monoisotopic (exact) mass is 677 g/mol. The molecule has 49 heavy (non-hydrogen) atoms. The number of benzene rings is 1. The summed E-state index contributed by atoms with van der Waals surface area (Å²) in [6, 6.07) is 4.99. The van der Waals surface area contributed by atoms with Crippen LogP contribution in [0.2, 0.25) is 0 Å².